The van der Waals surface area contributed by atoms with E-state index >= 15 is 0 Å². The molecule has 2 saturated heterocycles. The maximum atomic E-state index is 6.31. The first-order valence-electron chi connectivity index (χ1n) is 13.2. The van der Waals surface area contributed by atoms with Gasteiger partial charge in [-0.15, -0.1) is 0 Å². The van der Waals surface area contributed by atoms with Crippen LogP contribution in [0.15, 0.2) is 0 Å². The molecule has 0 saturated carbocycles. The normalized spacial score (nSPS) is 29.2. The maximum Gasteiger partial charge on any atom is 0.187 e. The van der Waals surface area contributed by atoms with Crippen molar-refractivity contribution in [1.82, 2.24) is 5.32 Å². The predicted octanol–water partition coefficient (Wildman–Crippen LogP) is 6.19. The summed E-state index contributed by atoms with van der Waals surface area (Å²) in [6.45, 7) is 14.7. The van der Waals surface area contributed by atoms with Gasteiger partial charge in [-0.1, -0.05) is 85.0 Å². The van der Waals surface area contributed by atoms with E-state index in [2.05, 4.69) is 33.0 Å². The smallest absolute Gasteiger partial charge is 0.187 e. The van der Waals surface area contributed by atoms with Gasteiger partial charge in [0, 0.05) is 12.6 Å². The summed E-state index contributed by atoms with van der Waals surface area (Å²) in [5.41, 5.74) is 0. The third-order valence-corrected chi connectivity index (χ3v) is 6.80. The van der Waals surface area contributed by atoms with Gasteiger partial charge in [0.05, 0.1) is 0 Å². The molecule has 2 aliphatic rings. The fourth-order valence-electron chi connectivity index (χ4n) is 4.56. The third kappa shape index (κ3) is 9.29. The Balaban J connectivity index is 1.66. The van der Waals surface area contributed by atoms with E-state index in [0.29, 0.717) is 5.92 Å². The van der Waals surface area contributed by atoms with Gasteiger partial charge in [-0.25, -0.2) is 0 Å². The Morgan fingerprint density at radius 2 is 1.42 bits per heavy atom. The second kappa shape index (κ2) is 14.1. The minimum atomic E-state index is -0.577. The minimum absolute atomic E-state index is 0.0476. The Morgan fingerprint density at radius 3 is 2.03 bits per heavy atom. The molecule has 0 aromatic carbocycles. The Hall–Kier alpha value is -0.200. The van der Waals surface area contributed by atoms with E-state index in [1.807, 2.05) is 13.8 Å². The molecule has 0 aromatic heterocycles. The molecule has 0 amide bonds. The van der Waals surface area contributed by atoms with Crippen LogP contribution in [0.25, 0.3) is 0 Å². The molecule has 0 aliphatic carbocycles. The average Bonchev–Trinajstić information content (AvgIpc) is 3.23. The molecule has 5 nitrogen and oxygen atoms in total. The van der Waals surface area contributed by atoms with Crippen molar-refractivity contribution in [3.8, 4) is 0 Å². The zero-order valence-corrected chi connectivity index (χ0v) is 21.3. The van der Waals surface area contributed by atoms with Gasteiger partial charge in [0.2, 0.25) is 0 Å². The quantitative estimate of drug-likeness (QED) is 0.273. The van der Waals surface area contributed by atoms with Crippen molar-refractivity contribution in [2.24, 2.45) is 5.92 Å². The summed E-state index contributed by atoms with van der Waals surface area (Å²) in [5.74, 6) is 0.0761. The van der Waals surface area contributed by atoms with Gasteiger partial charge >= 0.3 is 0 Å². The zero-order valence-electron chi connectivity index (χ0n) is 21.3. The molecule has 0 radical (unpaired) electrons. The van der Waals surface area contributed by atoms with Crippen molar-refractivity contribution in [2.75, 3.05) is 13.2 Å². The maximum absolute atomic E-state index is 6.31. The average molecular weight is 442 g/mol. The van der Waals surface area contributed by atoms with Crippen LogP contribution in [0.2, 0.25) is 0 Å². The van der Waals surface area contributed by atoms with Gasteiger partial charge in [-0.3, -0.25) is 0 Å². The summed E-state index contributed by atoms with van der Waals surface area (Å²) >= 11 is 0. The predicted molar refractivity (Wildman–Crippen MR) is 127 cm³/mol. The molecule has 2 aliphatic heterocycles. The Morgan fingerprint density at radius 1 is 0.839 bits per heavy atom. The molecule has 1 unspecified atom stereocenters. The molecule has 0 bridgehead atoms. The molecular weight excluding hydrogens is 390 g/mol. The number of nitrogens with one attached hydrogen (secondary N) is 1. The highest BCUT2D eigenvalue weighted by Gasteiger charge is 2.56. The number of hydrogen-bond acceptors (Lipinski definition) is 5. The highest BCUT2D eigenvalue weighted by Crippen LogP contribution is 2.40. The van der Waals surface area contributed by atoms with Crippen LogP contribution >= 0.6 is 0 Å². The molecule has 184 valence electrons. The largest absolute Gasteiger partial charge is 0.350 e. The highest BCUT2D eigenvalue weighted by atomic mass is 16.8. The topological polar surface area (TPSA) is 49.0 Å². The van der Waals surface area contributed by atoms with Crippen LogP contribution < -0.4 is 5.32 Å². The van der Waals surface area contributed by atoms with Crippen molar-refractivity contribution < 1.29 is 18.9 Å². The van der Waals surface area contributed by atoms with Crippen LogP contribution in [-0.2, 0) is 18.9 Å². The van der Waals surface area contributed by atoms with E-state index < -0.39 is 5.79 Å². The lowest BCUT2D eigenvalue weighted by Crippen LogP contribution is -2.46. The van der Waals surface area contributed by atoms with E-state index in [1.54, 1.807) is 0 Å². The molecule has 31 heavy (non-hydrogen) atoms. The summed E-state index contributed by atoms with van der Waals surface area (Å²) in [5, 5.41) is 3.63. The van der Waals surface area contributed by atoms with Crippen molar-refractivity contribution in [3.05, 3.63) is 0 Å². The minimum Gasteiger partial charge on any atom is -0.350 e. The van der Waals surface area contributed by atoms with Crippen LogP contribution in [0, 0.1) is 5.92 Å². The summed E-state index contributed by atoms with van der Waals surface area (Å²) < 4.78 is 24.8. The van der Waals surface area contributed by atoms with Crippen LogP contribution in [0.1, 0.15) is 112 Å². The Bertz CT molecular complexity index is 472. The second-order valence-electron chi connectivity index (χ2n) is 10.3. The molecule has 0 aromatic rings. The molecular formula is C26H51NO4. The van der Waals surface area contributed by atoms with Crippen molar-refractivity contribution in [1.29, 1.82) is 0 Å². The summed E-state index contributed by atoms with van der Waals surface area (Å²) in [6, 6.07) is 0.199. The second-order valence-corrected chi connectivity index (χ2v) is 10.3. The fraction of sp³-hybridized carbons (Fsp3) is 1.00. The molecule has 1 N–H and O–H groups in total. The van der Waals surface area contributed by atoms with E-state index in [9.17, 15) is 0 Å². The van der Waals surface area contributed by atoms with Crippen LogP contribution in [-0.4, -0.2) is 49.6 Å². The lowest BCUT2D eigenvalue weighted by Gasteiger charge is -2.28. The van der Waals surface area contributed by atoms with Crippen LogP contribution in [0.4, 0.5) is 0 Å². The highest BCUT2D eigenvalue weighted by molar-refractivity contribution is 4.98. The van der Waals surface area contributed by atoms with Gasteiger partial charge in [0.25, 0.3) is 0 Å². The number of ether oxygens (including phenoxy) is 4. The van der Waals surface area contributed by atoms with E-state index in [-0.39, 0.29) is 30.6 Å². The van der Waals surface area contributed by atoms with E-state index in [4.69, 9.17) is 18.9 Å². The van der Waals surface area contributed by atoms with E-state index in [0.717, 1.165) is 19.6 Å². The standard InChI is InChI=1S/C26H51NO4/c1-7-9-10-11-12-13-14-15-16-17-18-28-25-24-23(30-26(5,6)31-24)22(29-25)21(4)27-19-20(3)8-2/h20-25,27H,7-19H2,1-6H3/t20?,21-,22+,23-,24-,25-/m0/s1. The van der Waals surface area contributed by atoms with Gasteiger partial charge < -0.3 is 24.3 Å². The van der Waals surface area contributed by atoms with Gasteiger partial charge in [0.15, 0.2) is 12.1 Å². The van der Waals surface area contributed by atoms with Gasteiger partial charge in [0.1, 0.15) is 18.3 Å². The lowest BCUT2D eigenvalue weighted by atomic mass is 10.0. The number of hydrogen-bond donors (Lipinski definition) is 1. The Kier molecular flexibility index (Phi) is 12.3. The van der Waals surface area contributed by atoms with Crippen molar-refractivity contribution in [2.45, 2.75) is 149 Å². The fourth-order valence-corrected chi connectivity index (χ4v) is 4.56. The van der Waals surface area contributed by atoms with Crippen molar-refractivity contribution >= 4 is 0 Å². The first-order chi connectivity index (χ1) is 14.9. The number of unbranched alkanes of at least 4 members (excludes halogenated alkanes) is 9. The molecule has 2 fully saturated rings. The van der Waals surface area contributed by atoms with Crippen LogP contribution in [0.3, 0.4) is 0 Å². The first kappa shape index (κ1) is 27.0. The molecule has 2 heterocycles. The molecule has 0 spiro atoms. The monoisotopic (exact) mass is 441 g/mol. The van der Waals surface area contributed by atoms with Gasteiger partial charge in [-0.2, -0.15) is 0 Å². The summed E-state index contributed by atoms with van der Waals surface area (Å²) in [4.78, 5) is 0. The SMILES string of the molecule is CCCCCCCCCCCCO[C@H]1O[C@H]([C@H](C)NCC(C)CC)[C@@H]2OC(C)(C)O[C@H]12. The van der Waals surface area contributed by atoms with Gasteiger partial charge in [-0.05, 0) is 39.7 Å². The first-order valence-corrected chi connectivity index (χ1v) is 13.2. The molecule has 6 atom stereocenters. The summed E-state index contributed by atoms with van der Waals surface area (Å²) in [7, 11) is 0. The van der Waals surface area contributed by atoms with Crippen molar-refractivity contribution in [3.63, 3.8) is 0 Å². The number of fused-ring (bicyclic) bond motifs is 1. The Labute approximate surface area is 192 Å². The summed E-state index contributed by atoms with van der Waals surface area (Å²) in [6.07, 6.45) is 13.9. The number of rotatable bonds is 17. The molecule has 2 rings (SSSR count). The zero-order chi connectivity index (χ0) is 22.7. The van der Waals surface area contributed by atoms with E-state index in [1.165, 1.54) is 64.2 Å². The van der Waals surface area contributed by atoms with Crippen LogP contribution in [0.5, 0.6) is 0 Å². The third-order valence-electron chi connectivity index (χ3n) is 6.80. The molecule has 5 heteroatoms. The lowest BCUT2D eigenvalue weighted by molar-refractivity contribution is -0.236.